The molecule has 0 aliphatic heterocycles. The van der Waals surface area contributed by atoms with Gasteiger partial charge in [-0.3, -0.25) is 0 Å². The first kappa shape index (κ1) is 8.66. The third-order valence-electron chi connectivity index (χ3n) is 1.96. The van der Waals surface area contributed by atoms with Gasteiger partial charge in [0.2, 0.25) is 6.08 Å². The van der Waals surface area contributed by atoms with Crippen molar-refractivity contribution in [2.45, 2.75) is 6.54 Å². The molecule has 0 amide bonds. The van der Waals surface area contributed by atoms with Crippen LogP contribution >= 0.6 is 0 Å². The highest BCUT2D eigenvalue weighted by molar-refractivity contribution is 5.78. The van der Waals surface area contributed by atoms with Crippen LogP contribution in [0.5, 0.6) is 0 Å². The van der Waals surface area contributed by atoms with Gasteiger partial charge in [-0.25, -0.2) is 14.2 Å². The lowest BCUT2D eigenvalue weighted by Crippen LogP contribution is -1.88. The van der Waals surface area contributed by atoms with Gasteiger partial charge >= 0.3 is 0 Å². The minimum Gasteiger partial charge on any atom is -0.464 e. The normalized spacial score (nSPS) is 10.1. The van der Waals surface area contributed by atoms with E-state index in [1.807, 2.05) is 0 Å². The lowest BCUT2D eigenvalue weighted by molar-refractivity contribution is 0.562. The van der Waals surface area contributed by atoms with E-state index in [0.717, 1.165) is 0 Å². The SMILES string of the molecule is O=C=NCc1ccc2occc2c1F. The number of halogens is 1. The molecule has 0 radical (unpaired) electrons. The van der Waals surface area contributed by atoms with E-state index in [2.05, 4.69) is 4.99 Å². The molecule has 0 N–H and O–H groups in total. The summed E-state index contributed by atoms with van der Waals surface area (Å²) in [6, 6.07) is 4.73. The molecule has 14 heavy (non-hydrogen) atoms. The first-order valence-electron chi connectivity index (χ1n) is 4.01. The molecular weight excluding hydrogens is 185 g/mol. The Morgan fingerprint density at radius 1 is 1.43 bits per heavy atom. The average Bonchev–Trinajstić information content (AvgIpc) is 2.66. The predicted octanol–water partition coefficient (Wildman–Crippen LogP) is 2.41. The minimum absolute atomic E-state index is 0.0104. The zero-order chi connectivity index (χ0) is 9.97. The van der Waals surface area contributed by atoms with Gasteiger partial charge in [0.1, 0.15) is 11.4 Å². The first-order valence-corrected chi connectivity index (χ1v) is 4.01. The highest BCUT2D eigenvalue weighted by Crippen LogP contribution is 2.22. The molecule has 2 aromatic rings. The lowest BCUT2D eigenvalue weighted by atomic mass is 10.1. The van der Waals surface area contributed by atoms with Crippen LogP contribution in [-0.4, -0.2) is 6.08 Å². The van der Waals surface area contributed by atoms with Crippen LogP contribution in [0.2, 0.25) is 0 Å². The second-order valence-electron chi connectivity index (χ2n) is 2.78. The van der Waals surface area contributed by atoms with E-state index in [9.17, 15) is 9.18 Å². The van der Waals surface area contributed by atoms with Gasteiger partial charge in [0.15, 0.2) is 0 Å². The summed E-state index contributed by atoms with van der Waals surface area (Å²) in [5.41, 5.74) is 0.851. The van der Waals surface area contributed by atoms with Gasteiger partial charge in [0.05, 0.1) is 18.2 Å². The molecule has 0 saturated heterocycles. The number of aliphatic imine (C=N–C) groups is 1. The molecule has 0 bridgehead atoms. The largest absolute Gasteiger partial charge is 0.464 e. The molecule has 0 atom stereocenters. The van der Waals surface area contributed by atoms with Crippen LogP contribution in [0.3, 0.4) is 0 Å². The molecular formula is C10H6FNO2. The third kappa shape index (κ3) is 1.32. The number of hydrogen-bond donors (Lipinski definition) is 0. The summed E-state index contributed by atoms with van der Waals surface area (Å²) in [5, 5.41) is 0.406. The van der Waals surface area contributed by atoms with Gasteiger partial charge in [0, 0.05) is 5.56 Å². The molecule has 3 nitrogen and oxygen atoms in total. The van der Waals surface area contributed by atoms with Crippen LogP contribution in [0.1, 0.15) is 5.56 Å². The summed E-state index contributed by atoms with van der Waals surface area (Å²) in [6.45, 7) is 0.0104. The summed E-state index contributed by atoms with van der Waals surface area (Å²) in [6.07, 6.45) is 2.79. The van der Waals surface area contributed by atoms with Crippen LogP contribution < -0.4 is 0 Å². The molecule has 0 aliphatic rings. The molecule has 0 saturated carbocycles. The fraction of sp³-hybridized carbons (Fsp3) is 0.100. The van der Waals surface area contributed by atoms with Gasteiger partial charge < -0.3 is 4.42 Å². The standard InChI is InChI=1S/C10H6FNO2/c11-10-7(5-12-6-13)1-2-9-8(10)3-4-14-9/h1-4H,5H2. The predicted molar refractivity (Wildman–Crippen MR) is 48.0 cm³/mol. The number of hydrogen-bond acceptors (Lipinski definition) is 3. The number of rotatable bonds is 2. The van der Waals surface area contributed by atoms with Crippen molar-refractivity contribution in [3.05, 3.63) is 35.8 Å². The maximum atomic E-state index is 13.6. The maximum Gasteiger partial charge on any atom is 0.235 e. The zero-order valence-electron chi connectivity index (χ0n) is 7.16. The van der Waals surface area contributed by atoms with Crippen molar-refractivity contribution in [2.75, 3.05) is 0 Å². The number of benzene rings is 1. The van der Waals surface area contributed by atoms with E-state index in [1.165, 1.54) is 12.3 Å². The maximum absolute atomic E-state index is 13.6. The number of carbonyl (C=O) groups excluding carboxylic acids is 1. The van der Waals surface area contributed by atoms with E-state index in [0.29, 0.717) is 16.5 Å². The fourth-order valence-corrected chi connectivity index (χ4v) is 1.29. The second kappa shape index (κ2) is 3.44. The van der Waals surface area contributed by atoms with Crippen LogP contribution in [0, 0.1) is 5.82 Å². The number of nitrogens with zero attached hydrogens (tertiary/aromatic N) is 1. The Hall–Kier alpha value is -1.93. The zero-order valence-corrected chi connectivity index (χ0v) is 7.16. The Balaban J connectivity index is 2.55. The van der Waals surface area contributed by atoms with Gasteiger partial charge in [-0.2, -0.15) is 0 Å². The lowest BCUT2D eigenvalue weighted by Gasteiger charge is -1.98. The number of isocyanates is 1. The number of furan rings is 1. The highest BCUT2D eigenvalue weighted by atomic mass is 19.1. The summed E-state index contributed by atoms with van der Waals surface area (Å²) in [4.78, 5) is 13.2. The molecule has 70 valence electrons. The topological polar surface area (TPSA) is 42.6 Å². The van der Waals surface area contributed by atoms with Gasteiger partial charge in [-0.05, 0) is 12.1 Å². The van der Waals surface area contributed by atoms with Crippen molar-refractivity contribution in [3.8, 4) is 0 Å². The van der Waals surface area contributed by atoms with Crippen molar-refractivity contribution in [3.63, 3.8) is 0 Å². The summed E-state index contributed by atoms with van der Waals surface area (Å²) >= 11 is 0. The first-order chi connectivity index (χ1) is 6.83. The monoisotopic (exact) mass is 191 g/mol. The van der Waals surface area contributed by atoms with E-state index in [-0.39, 0.29) is 6.54 Å². The fourth-order valence-electron chi connectivity index (χ4n) is 1.29. The Morgan fingerprint density at radius 3 is 3.07 bits per heavy atom. The second-order valence-corrected chi connectivity index (χ2v) is 2.78. The van der Waals surface area contributed by atoms with E-state index in [4.69, 9.17) is 4.42 Å². The summed E-state index contributed by atoms with van der Waals surface area (Å²) in [5.74, 6) is -0.393. The van der Waals surface area contributed by atoms with E-state index in [1.54, 1.807) is 18.2 Å². The molecule has 0 aliphatic carbocycles. The van der Waals surface area contributed by atoms with Crippen LogP contribution in [0.15, 0.2) is 33.9 Å². The Bertz CT molecular complexity index is 512. The highest BCUT2D eigenvalue weighted by Gasteiger charge is 2.08. The van der Waals surface area contributed by atoms with Crippen LogP contribution in [0.25, 0.3) is 11.0 Å². The Labute approximate surface area is 78.9 Å². The molecule has 4 heteroatoms. The van der Waals surface area contributed by atoms with Crippen molar-refractivity contribution < 1.29 is 13.6 Å². The third-order valence-corrected chi connectivity index (χ3v) is 1.96. The summed E-state index contributed by atoms with van der Waals surface area (Å²) in [7, 11) is 0. The van der Waals surface area contributed by atoms with Gasteiger partial charge in [-0.15, -0.1) is 0 Å². The quantitative estimate of drug-likeness (QED) is 0.540. The van der Waals surface area contributed by atoms with Crippen LogP contribution in [-0.2, 0) is 11.3 Å². The van der Waals surface area contributed by atoms with Crippen molar-refractivity contribution in [2.24, 2.45) is 4.99 Å². The van der Waals surface area contributed by atoms with Crippen molar-refractivity contribution >= 4 is 17.0 Å². The van der Waals surface area contributed by atoms with Crippen molar-refractivity contribution in [1.29, 1.82) is 0 Å². The number of fused-ring (bicyclic) bond motifs is 1. The molecule has 1 heterocycles. The van der Waals surface area contributed by atoms with Gasteiger partial charge in [0.25, 0.3) is 0 Å². The molecule has 0 fully saturated rings. The van der Waals surface area contributed by atoms with E-state index >= 15 is 0 Å². The summed E-state index contributed by atoms with van der Waals surface area (Å²) < 4.78 is 18.6. The molecule has 0 unspecified atom stereocenters. The average molecular weight is 191 g/mol. The minimum atomic E-state index is -0.393. The molecule has 1 aromatic heterocycles. The van der Waals surface area contributed by atoms with Gasteiger partial charge in [-0.1, -0.05) is 6.07 Å². The van der Waals surface area contributed by atoms with Crippen molar-refractivity contribution in [1.82, 2.24) is 0 Å². The van der Waals surface area contributed by atoms with E-state index < -0.39 is 5.82 Å². The smallest absolute Gasteiger partial charge is 0.235 e. The van der Waals surface area contributed by atoms with Crippen LogP contribution in [0.4, 0.5) is 4.39 Å². The Kier molecular flexibility index (Phi) is 2.13. The molecule has 0 spiro atoms. The molecule has 1 aromatic carbocycles. The Morgan fingerprint density at radius 2 is 2.29 bits per heavy atom. The molecule has 2 rings (SSSR count).